The van der Waals surface area contributed by atoms with Gasteiger partial charge in [-0.3, -0.25) is 4.40 Å². The fourth-order valence-electron chi connectivity index (χ4n) is 1.22. The average Bonchev–Trinajstić information content (AvgIpc) is 2.58. The molecule has 0 aliphatic carbocycles. The molecule has 0 bridgehead atoms. The predicted octanol–water partition coefficient (Wildman–Crippen LogP) is 0.990. The maximum atomic E-state index is 10.6. The number of imidazole rings is 1. The molecule has 0 atom stereocenters. The number of nitrogens with zero attached hydrogens (tertiary/aromatic N) is 3. The minimum atomic E-state index is -0.980. The molecule has 0 saturated heterocycles. The van der Waals surface area contributed by atoms with E-state index in [-0.39, 0.29) is 5.56 Å². The zero-order chi connectivity index (χ0) is 10.1. The van der Waals surface area contributed by atoms with Crippen LogP contribution in [0.15, 0.2) is 18.6 Å². The molecular formula is C9H9N3O2. The van der Waals surface area contributed by atoms with Crippen LogP contribution in [-0.4, -0.2) is 25.4 Å². The molecule has 0 unspecified atom stereocenters. The lowest BCUT2D eigenvalue weighted by Gasteiger charge is -1.94. The summed E-state index contributed by atoms with van der Waals surface area (Å²) in [6, 6.07) is 0. The Kier molecular flexibility index (Phi) is 1.92. The predicted molar refractivity (Wildman–Crippen MR) is 49.3 cm³/mol. The highest BCUT2D eigenvalue weighted by Crippen LogP contribution is 2.05. The number of rotatable bonds is 2. The molecule has 14 heavy (non-hydrogen) atoms. The first-order chi connectivity index (χ1) is 6.70. The van der Waals surface area contributed by atoms with Crippen molar-refractivity contribution >= 4 is 11.7 Å². The summed E-state index contributed by atoms with van der Waals surface area (Å²) in [4.78, 5) is 18.8. The van der Waals surface area contributed by atoms with Crippen LogP contribution in [0.25, 0.3) is 5.78 Å². The summed E-state index contributed by atoms with van der Waals surface area (Å²) in [5, 5.41) is 8.73. The van der Waals surface area contributed by atoms with Crippen molar-refractivity contribution in [2.45, 2.75) is 13.3 Å². The van der Waals surface area contributed by atoms with Crippen molar-refractivity contribution in [2.75, 3.05) is 0 Å². The fourth-order valence-corrected chi connectivity index (χ4v) is 1.22. The van der Waals surface area contributed by atoms with Crippen LogP contribution >= 0.6 is 0 Å². The Morgan fingerprint density at radius 3 is 3.00 bits per heavy atom. The molecule has 72 valence electrons. The van der Waals surface area contributed by atoms with Crippen LogP contribution in [0.3, 0.4) is 0 Å². The van der Waals surface area contributed by atoms with Gasteiger partial charge >= 0.3 is 5.97 Å². The van der Waals surface area contributed by atoms with Crippen molar-refractivity contribution in [3.05, 3.63) is 29.8 Å². The van der Waals surface area contributed by atoms with Crippen LogP contribution in [0.4, 0.5) is 0 Å². The lowest BCUT2D eigenvalue weighted by molar-refractivity contribution is 0.0696. The number of fused-ring (bicyclic) bond motifs is 1. The van der Waals surface area contributed by atoms with Gasteiger partial charge in [-0.25, -0.2) is 14.8 Å². The lowest BCUT2D eigenvalue weighted by Crippen LogP contribution is -1.99. The summed E-state index contributed by atoms with van der Waals surface area (Å²) in [6.07, 6.45) is 5.42. The van der Waals surface area contributed by atoms with Crippen molar-refractivity contribution in [3.63, 3.8) is 0 Å². The monoisotopic (exact) mass is 191 g/mol. The van der Waals surface area contributed by atoms with Crippen molar-refractivity contribution in [1.29, 1.82) is 0 Å². The molecular weight excluding hydrogens is 182 g/mol. The Balaban J connectivity index is 2.59. The molecule has 0 spiro atoms. The summed E-state index contributed by atoms with van der Waals surface area (Å²) < 4.78 is 1.63. The normalized spacial score (nSPS) is 10.6. The van der Waals surface area contributed by atoms with Crippen molar-refractivity contribution in [2.24, 2.45) is 0 Å². The van der Waals surface area contributed by atoms with E-state index >= 15 is 0 Å². The second-order valence-corrected chi connectivity index (χ2v) is 2.94. The number of carbonyl (C=O) groups is 1. The van der Waals surface area contributed by atoms with Gasteiger partial charge in [0, 0.05) is 18.6 Å². The Bertz CT molecular complexity index is 490. The fraction of sp³-hybridized carbons (Fsp3) is 0.222. The zero-order valence-corrected chi connectivity index (χ0v) is 7.64. The quantitative estimate of drug-likeness (QED) is 0.768. The van der Waals surface area contributed by atoms with E-state index in [1.54, 1.807) is 10.6 Å². The van der Waals surface area contributed by atoms with Gasteiger partial charge in [-0.05, 0) is 6.42 Å². The van der Waals surface area contributed by atoms with E-state index in [0.717, 1.165) is 12.1 Å². The van der Waals surface area contributed by atoms with Gasteiger partial charge < -0.3 is 5.11 Å². The van der Waals surface area contributed by atoms with E-state index in [1.165, 1.54) is 12.4 Å². The third-order valence-corrected chi connectivity index (χ3v) is 1.97. The molecule has 2 rings (SSSR count). The topological polar surface area (TPSA) is 67.5 Å². The average molecular weight is 191 g/mol. The Labute approximate surface area is 80.0 Å². The number of carboxylic acids is 1. The second kappa shape index (κ2) is 3.10. The number of aromatic carboxylic acids is 1. The molecule has 0 aromatic carbocycles. The second-order valence-electron chi connectivity index (χ2n) is 2.94. The van der Waals surface area contributed by atoms with Crippen molar-refractivity contribution < 1.29 is 9.90 Å². The lowest BCUT2D eigenvalue weighted by atomic mass is 10.3. The van der Waals surface area contributed by atoms with Gasteiger partial charge in [0.1, 0.15) is 0 Å². The molecule has 0 radical (unpaired) electrons. The highest BCUT2D eigenvalue weighted by Gasteiger charge is 2.06. The van der Waals surface area contributed by atoms with Gasteiger partial charge in [-0.2, -0.15) is 0 Å². The summed E-state index contributed by atoms with van der Waals surface area (Å²) in [7, 11) is 0. The highest BCUT2D eigenvalue weighted by molar-refractivity contribution is 5.86. The van der Waals surface area contributed by atoms with Gasteiger partial charge in [0.25, 0.3) is 0 Å². The Morgan fingerprint density at radius 2 is 2.36 bits per heavy atom. The molecule has 5 heteroatoms. The van der Waals surface area contributed by atoms with E-state index < -0.39 is 5.97 Å². The van der Waals surface area contributed by atoms with Gasteiger partial charge in [-0.15, -0.1) is 0 Å². The molecule has 0 aliphatic heterocycles. The van der Waals surface area contributed by atoms with Crippen LogP contribution in [0.2, 0.25) is 0 Å². The van der Waals surface area contributed by atoms with Gasteiger partial charge in [0.2, 0.25) is 5.78 Å². The summed E-state index contributed by atoms with van der Waals surface area (Å²) in [5.41, 5.74) is 1.07. The van der Waals surface area contributed by atoms with Crippen LogP contribution in [0.1, 0.15) is 23.0 Å². The molecule has 0 aliphatic rings. The third-order valence-electron chi connectivity index (χ3n) is 1.97. The number of hydrogen-bond donors (Lipinski definition) is 1. The van der Waals surface area contributed by atoms with Crippen molar-refractivity contribution in [1.82, 2.24) is 14.4 Å². The van der Waals surface area contributed by atoms with Gasteiger partial charge in [0.15, 0.2) is 0 Å². The first-order valence-electron chi connectivity index (χ1n) is 4.27. The van der Waals surface area contributed by atoms with Crippen LogP contribution in [-0.2, 0) is 6.42 Å². The van der Waals surface area contributed by atoms with E-state index in [0.29, 0.717) is 5.78 Å². The summed E-state index contributed by atoms with van der Waals surface area (Å²) >= 11 is 0. The molecule has 2 heterocycles. The Hall–Kier alpha value is -1.91. The SMILES string of the molecule is CCc1cn2cc(C(=O)O)cnc2n1. The first-order valence-corrected chi connectivity index (χ1v) is 4.27. The van der Waals surface area contributed by atoms with Crippen molar-refractivity contribution in [3.8, 4) is 0 Å². The molecule has 1 N–H and O–H groups in total. The minimum absolute atomic E-state index is 0.164. The molecule has 0 amide bonds. The molecule has 0 saturated carbocycles. The summed E-state index contributed by atoms with van der Waals surface area (Å²) in [6.45, 7) is 1.99. The van der Waals surface area contributed by atoms with Crippen LogP contribution < -0.4 is 0 Å². The zero-order valence-electron chi connectivity index (χ0n) is 7.64. The number of aromatic nitrogens is 3. The molecule has 0 fully saturated rings. The molecule has 2 aromatic rings. The van der Waals surface area contributed by atoms with E-state index in [4.69, 9.17) is 5.11 Å². The molecule has 5 nitrogen and oxygen atoms in total. The van der Waals surface area contributed by atoms with Crippen LogP contribution in [0.5, 0.6) is 0 Å². The maximum Gasteiger partial charge on any atom is 0.338 e. The summed E-state index contributed by atoms with van der Waals surface area (Å²) in [5.74, 6) is -0.446. The largest absolute Gasteiger partial charge is 0.478 e. The Morgan fingerprint density at radius 1 is 1.57 bits per heavy atom. The van der Waals surface area contributed by atoms with Gasteiger partial charge in [-0.1, -0.05) is 6.92 Å². The highest BCUT2D eigenvalue weighted by atomic mass is 16.4. The van der Waals surface area contributed by atoms with Crippen LogP contribution in [0, 0.1) is 0 Å². The number of hydrogen-bond acceptors (Lipinski definition) is 3. The number of aryl methyl sites for hydroxylation is 1. The van der Waals surface area contributed by atoms with Gasteiger partial charge in [0.05, 0.1) is 11.3 Å². The maximum absolute atomic E-state index is 10.6. The first kappa shape index (κ1) is 8.68. The van der Waals surface area contributed by atoms with E-state index in [9.17, 15) is 4.79 Å². The minimum Gasteiger partial charge on any atom is -0.478 e. The van der Waals surface area contributed by atoms with E-state index in [2.05, 4.69) is 9.97 Å². The number of carboxylic acid groups (broad SMARTS) is 1. The standard InChI is InChI=1S/C9H9N3O2/c1-2-7-5-12-4-6(8(13)14)3-10-9(12)11-7/h3-5H,2H2,1H3,(H,13,14). The molecule has 2 aromatic heterocycles. The third kappa shape index (κ3) is 1.32. The van der Waals surface area contributed by atoms with E-state index in [1.807, 2.05) is 6.92 Å². The smallest absolute Gasteiger partial charge is 0.338 e.